The fraction of sp³-hybridized carbons (Fsp3) is 0.389. The molecule has 3 heterocycles. The third-order valence-corrected chi connectivity index (χ3v) is 4.74. The van der Waals surface area contributed by atoms with E-state index in [0.717, 1.165) is 58.9 Å². The van der Waals surface area contributed by atoms with Crippen LogP contribution in [0.3, 0.4) is 0 Å². The van der Waals surface area contributed by atoms with Crippen molar-refractivity contribution in [3.05, 3.63) is 52.7 Å². The zero-order chi connectivity index (χ0) is 16.5. The maximum atomic E-state index is 6.27. The predicted molar refractivity (Wildman–Crippen MR) is 95.0 cm³/mol. The van der Waals surface area contributed by atoms with Crippen molar-refractivity contribution in [2.24, 2.45) is 0 Å². The van der Waals surface area contributed by atoms with Crippen molar-refractivity contribution in [2.45, 2.75) is 45.3 Å². The van der Waals surface area contributed by atoms with E-state index >= 15 is 0 Å². The van der Waals surface area contributed by atoms with Gasteiger partial charge >= 0.3 is 0 Å². The van der Waals surface area contributed by atoms with Gasteiger partial charge in [0, 0.05) is 36.1 Å². The second kappa shape index (κ2) is 6.49. The Morgan fingerprint density at radius 3 is 3.17 bits per heavy atom. The molecule has 1 aliphatic heterocycles. The van der Waals surface area contributed by atoms with E-state index in [0.29, 0.717) is 6.54 Å². The smallest absolute Gasteiger partial charge is 0.150 e. The predicted octanol–water partition coefficient (Wildman–Crippen LogP) is 3.67. The zero-order valence-electron chi connectivity index (χ0n) is 13.7. The number of benzene rings is 1. The average Bonchev–Trinajstić information content (AvgIpc) is 3.03. The van der Waals surface area contributed by atoms with E-state index in [1.54, 1.807) is 0 Å². The number of fused-ring (bicyclic) bond motifs is 2. The summed E-state index contributed by atoms with van der Waals surface area (Å²) in [5.41, 5.74) is 2.12. The van der Waals surface area contributed by atoms with Crippen LogP contribution in [0, 0.1) is 0 Å². The molecule has 124 valence electrons. The lowest BCUT2D eigenvalue weighted by atomic mass is 10.1. The third kappa shape index (κ3) is 2.89. The molecule has 0 saturated heterocycles. The standard InChI is InChI=1S/C18H20ClN5/c1-2-16-22-18-15(6-4-8-24(18)23-16)21-11-13-10-14(19)9-12-5-3-7-20-17(12)13/h3,5,7,9-10,15,21H,2,4,6,8,11H2,1H3/t15-/m1/s1. The molecule has 24 heavy (non-hydrogen) atoms. The maximum absolute atomic E-state index is 6.27. The first-order chi connectivity index (χ1) is 11.7. The first-order valence-corrected chi connectivity index (χ1v) is 8.82. The number of rotatable bonds is 4. The molecular weight excluding hydrogens is 322 g/mol. The Morgan fingerprint density at radius 1 is 1.38 bits per heavy atom. The molecule has 4 rings (SSSR count). The molecule has 5 nitrogen and oxygen atoms in total. The van der Waals surface area contributed by atoms with E-state index in [1.165, 1.54) is 0 Å². The quantitative estimate of drug-likeness (QED) is 0.786. The minimum atomic E-state index is 0.226. The van der Waals surface area contributed by atoms with E-state index in [9.17, 15) is 0 Å². The minimum Gasteiger partial charge on any atom is -0.303 e. The molecule has 1 atom stereocenters. The third-order valence-electron chi connectivity index (χ3n) is 4.52. The van der Waals surface area contributed by atoms with Crippen LogP contribution in [0.5, 0.6) is 0 Å². The average molecular weight is 342 g/mol. The molecule has 1 aliphatic rings. The minimum absolute atomic E-state index is 0.226. The number of aryl methyl sites for hydroxylation is 2. The Kier molecular flexibility index (Phi) is 4.21. The Bertz CT molecular complexity index is 873. The van der Waals surface area contributed by atoms with E-state index < -0.39 is 0 Å². The van der Waals surface area contributed by atoms with Crippen molar-refractivity contribution in [3.63, 3.8) is 0 Å². The summed E-state index contributed by atoms with van der Waals surface area (Å²) < 4.78 is 2.05. The molecule has 6 heteroatoms. The van der Waals surface area contributed by atoms with E-state index in [1.807, 2.05) is 35.1 Å². The van der Waals surface area contributed by atoms with Gasteiger partial charge in [-0.25, -0.2) is 9.67 Å². The summed E-state index contributed by atoms with van der Waals surface area (Å²) in [5, 5.41) is 10.0. The number of pyridine rings is 1. The van der Waals surface area contributed by atoms with Gasteiger partial charge < -0.3 is 5.32 Å². The van der Waals surface area contributed by atoms with E-state index in [-0.39, 0.29) is 6.04 Å². The molecule has 1 N–H and O–H groups in total. The van der Waals surface area contributed by atoms with Crippen LogP contribution in [0.2, 0.25) is 5.02 Å². The summed E-state index contributed by atoms with van der Waals surface area (Å²) >= 11 is 6.27. The van der Waals surface area contributed by atoms with Crippen molar-refractivity contribution in [1.82, 2.24) is 25.1 Å². The lowest BCUT2D eigenvalue weighted by Gasteiger charge is -2.23. The summed E-state index contributed by atoms with van der Waals surface area (Å²) in [4.78, 5) is 9.21. The van der Waals surface area contributed by atoms with Crippen LogP contribution in [0.15, 0.2) is 30.5 Å². The van der Waals surface area contributed by atoms with Crippen LogP contribution in [0.4, 0.5) is 0 Å². The second-order valence-corrected chi connectivity index (χ2v) is 6.62. The van der Waals surface area contributed by atoms with Crippen LogP contribution in [-0.4, -0.2) is 19.7 Å². The van der Waals surface area contributed by atoms with Crippen molar-refractivity contribution in [2.75, 3.05) is 0 Å². The second-order valence-electron chi connectivity index (χ2n) is 6.18. The van der Waals surface area contributed by atoms with Crippen LogP contribution >= 0.6 is 11.6 Å². The van der Waals surface area contributed by atoms with Gasteiger partial charge in [-0.15, -0.1) is 0 Å². The molecule has 0 amide bonds. The van der Waals surface area contributed by atoms with E-state index in [4.69, 9.17) is 16.6 Å². The van der Waals surface area contributed by atoms with Gasteiger partial charge in [0.05, 0.1) is 11.6 Å². The highest BCUT2D eigenvalue weighted by atomic mass is 35.5. The highest BCUT2D eigenvalue weighted by Crippen LogP contribution is 2.26. The maximum Gasteiger partial charge on any atom is 0.150 e. The molecule has 0 bridgehead atoms. The lowest BCUT2D eigenvalue weighted by Crippen LogP contribution is -2.28. The monoisotopic (exact) mass is 341 g/mol. The summed E-state index contributed by atoms with van der Waals surface area (Å²) in [6, 6.07) is 8.16. The Hall–Kier alpha value is -1.98. The normalized spacial score (nSPS) is 17.2. The molecule has 3 aromatic rings. The zero-order valence-corrected chi connectivity index (χ0v) is 14.4. The van der Waals surface area contributed by atoms with Crippen molar-refractivity contribution >= 4 is 22.5 Å². The molecule has 0 aliphatic carbocycles. The molecular formula is C18H20ClN5. The topological polar surface area (TPSA) is 55.6 Å². The van der Waals surface area contributed by atoms with Crippen molar-refractivity contribution in [1.29, 1.82) is 0 Å². The number of hydrogen-bond donors (Lipinski definition) is 1. The number of aromatic nitrogens is 4. The van der Waals surface area contributed by atoms with Gasteiger partial charge in [-0.1, -0.05) is 24.6 Å². The van der Waals surface area contributed by atoms with Crippen molar-refractivity contribution < 1.29 is 0 Å². The summed E-state index contributed by atoms with van der Waals surface area (Å²) in [5.74, 6) is 1.98. The van der Waals surface area contributed by atoms with Gasteiger partial charge in [0.2, 0.25) is 0 Å². The van der Waals surface area contributed by atoms with Gasteiger partial charge in [0.1, 0.15) is 5.82 Å². The van der Waals surface area contributed by atoms with E-state index in [2.05, 4.69) is 22.3 Å². The van der Waals surface area contributed by atoms with Crippen LogP contribution in [-0.2, 0) is 19.5 Å². The Balaban J connectivity index is 1.59. The summed E-state index contributed by atoms with van der Waals surface area (Å²) in [6.07, 6.45) is 4.89. The van der Waals surface area contributed by atoms with Crippen LogP contribution < -0.4 is 5.32 Å². The Morgan fingerprint density at radius 2 is 2.29 bits per heavy atom. The van der Waals surface area contributed by atoms with Crippen molar-refractivity contribution in [3.8, 4) is 0 Å². The molecule has 0 radical (unpaired) electrons. The molecule has 0 spiro atoms. The van der Waals surface area contributed by atoms with Gasteiger partial charge in [-0.2, -0.15) is 5.10 Å². The first kappa shape index (κ1) is 15.5. The van der Waals surface area contributed by atoms with Gasteiger partial charge in [0.25, 0.3) is 0 Å². The largest absolute Gasteiger partial charge is 0.303 e. The van der Waals surface area contributed by atoms with Gasteiger partial charge in [-0.05, 0) is 36.6 Å². The van der Waals surface area contributed by atoms with Gasteiger partial charge in [0.15, 0.2) is 5.82 Å². The summed E-state index contributed by atoms with van der Waals surface area (Å²) in [7, 11) is 0. The lowest BCUT2D eigenvalue weighted by molar-refractivity contribution is 0.366. The van der Waals surface area contributed by atoms with Gasteiger partial charge in [-0.3, -0.25) is 4.98 Å². The molecule has 0 unspecified atom stereocenters. The number of nitrogens with zero attached hydrogens (tertiary/aromatic N) is 4. The number of nitrogens with one attached hydrogen (secondary N) is 1. The number of hydrogen-bond acceptors (Lipinski definition) is 4. The Labute approximate surface area is 146 Å². The fourth-order valence-electron chi connectivity index (χ4n) is 3.34. The fourth-order valence-corrected chi connectivity index (χ4v) is 3.59. The molecule has 1 aromatic carbocycles. The first-order valence-electron chi connectivity index (χ1n) is 8.44. The van der Waals surface area contributed by atoms with Crippen LogP contribution in [0.1, 0.15) is 43.0 Å². The molecule has 0 saturated carbocycles. The summed E-state index contributed by atoms with van der Waals surface area (Å²) in [6.45, 7) is 3.77. The number of halogens is 1. The van der Waals surface area contributed by atoms with Crippen LogP contribution in [0.25, 0.3) is 10.9 Å². The SMILES string of the molecule is CCc1nc2n(n1)CCC[C@H]2NCc1cc(Cl)cc2cccnc12. The molecule has 0 fully saturated rings. The highest BCUT2D eigenvalue weighted by molar-refractivity contribution is 6.31. The molecule has 2 aromatic heterocycles. The highest BCUT2D eigenvalue weighted by Gasteiger charge is 2.23.